The van der Waals surface area contributed by atoms with E-state index < -0.39 is 29.3 Å². The van der Waals surface area contributed by atoms with Gasteiger partial charge in [0.1, 0.15) is 27.9 Å². The smallest absolute Gasteiger partial charge is 0.352 e. The van der Waals surface area contributed by atoms with Gasteiger partial charge in [-0.1, -0.05) is 35.2 Å². The molecule has 4 rings (SSSR count). The highest BCUT2D eigenvalue weighted by Gasteiger charge is 2.54. The Morgan fingerprint density at radius 3 is 2.56 bits per heavy atom. The molecule has 2 amide bonds. The van der Waals surface area contributed by atoms with E-state index in [1.54, 1.807) is 12.1 Å². The monoisotopic (exact) mass is 522 g/mol. The van der Waals surface area contributed by atoms with E-state index in [0.29, 0.717) is 26.2 Å². The second kappa shape index (κ2) is 10.0. The zero-order valence-electron chi connectivity index (χ0n) is 17.3. The Labute approximate surface area is 205 Å². The third-order valence-corrected chi connectivity index (χ3v) is 8.47. The molecule has 3 heterocycles. The Morgan fingerprint density at radius 1 is 1.15 bits per heavy atom. The number of rotatable bonds is 9. The van der Waals surface area contributed by atoms with Gasteiger partial charge in [0.15, 0.2) is 4.34 Å². The van der Waals surface area contributed by atoms with Gasteiger partial charge in [-0.25, -0.2) is 4.79 Å². The minimum Gasteiger partial charge on any atom is -0.508 e. The number of phenols is 1. The van der Waals surface area contributed by atoms with Gasteiger partial charge >= 0.3 is 11.9 Å². The van der Waals surface area contributed by atoms with Gasteiger partial charge in [-0.15, -0.1) is 22.0 Å². The molecular weight excluding hydrogens is 504 g/mol. The van der Waals surface area contributed by atoms with Crippen molar-refractivity contribution in [2.24, 2.45) is 0 Å². The molecule has 0 aliphatic carbocycles. The number of fused-ring (bicyclic) bond motifs is 1. The van der Waals surface area contributed by atoms with Gasteiger partial charge in [-0.2, -0.15) is 0 Å². The molecular formula is C20H18N4O7S3. The van der Waals surface area contributed by atoms with Crippen molar-refractivity contribution in [2.75, 3.05) is 11.5 Å². The standard InChI is InChI=1S/C20H18N4O7S3/c25-11-3-1-9(2-4-11)5-12(26)21-15-17(29)24-16(19(30)31)10(7-32-18(15)24)8-33-20-23-22-13(34-20)6-14(27)28/h1-4,15,18,25H,5-8H2,(H,21,26)(H,27,28)(H,30,31)/t15?,18-/m0/s1. The lowest BCUT2D eigenvalue weighted by atomic mass is 10.0. The fourth-order valence-corrected chi connectivity index (χ4v) is 6.84. The van der Waals surface area contributed by atoms with Crippen molar-refractivity contribution in [1.82, 2.24) is 20.4 Å². The Hall–Kier alpha value is -3.10. The molecule has 14 heteroatoms. The van der Waals surface area contributed by atoms with E-state index in [9.17, 15) is 29.4 Å². The van der Waals surface area contributed by atoms with Gasteiger partial charge in [0, 0.05) is 11.5 Å². The molecule has 0 spiro atoms. The molecule has 1 fully saturated rings. The van der Waals surface area contributed by atoms with Gasteiger partial charge in [0.05, 0.1) is 12.8 Å². The number of nitrogens with zero attached hydrogens (tertiary/aromatic N) is 3. The SMILES string of the molecule is O=C(O)Cc1nnc(SCC2=C(C(=O)O)N3C(=O)C(NC(=O)Cc4ccc(O)cc4)[C@@H]3SC2)s1. The maximum absolute atomic E-state index is 12.8. The van der Waals surface area contributed by atoms with Crippen LogP contribution in [0.2, 0.25) is 0 Å². The lowest BCUT2D eigenvalue weighted by molar-refractivity contribution is -0.150. The van der Waals surface area contributed by atoms with Crippen molar-refractivity contribution < 1.29 is 34.5 Å². The molecule has 11 nitrogen and oxygen atoms in total. The molecule has 2 aromatic rings. The van der Waals surface area contributed by atoms with Crippen LogP contribution in [0.4, 0.5) is 0 Å². The average molecular weight is 523 g/mol. The second-order valence-electron chi connectivity index (χ2n) is 7.38. The number of carbonyl (C=O) groups excluding carboxylic acids is 2. The highest BCUT2D eigenvalue weighted by molar-refractivity contribution is 8.01. The Kier molecular flexibility index (Phi) is 7.09. The molecule has 2 atom stereocenters. The molecule has 0 radical (unpaired) electrons. The highest BCUT2D eigenvalue weighted by Crippen LogP contribution is 2.41. The van der Waals surface area contributed by atoms with Crippen LogP contribution >= 0.6 is 34.9 Å². The normalized spacial score (nSPS) is 19.4. The van der Waals surface area contributed by atoms with Crippen LogP contribution in [0.1, 0.15) is 10.6 Å². The third-order valence-electron chi connectivity index (χ3n) is 4.99. The van der Waals surface area contributed by atoms with Crippen LogP contribution < -0.4 is 5.32 Å². The zero-order valence-corrected chi connectivity index (χ0v) is 19.8. The fourth-order valence-electron chi connectivity index (χ4n) is 3.46. The van der Waals surface area contributed by atoms with Gasteiger partial charge in [0.25, 0.3) is 5.91 Å². The second-order valence-corrected chi connectivity index (χ2v) is 10.8. The number of aliphatic carboxylic acids is 2. The maximum Gasteiger partial charge on any atom is 0.352 e. The van der Waals surface area contributed by atoms with Crippen LogP contribution in [-0.4, -0.2) is 77.1 Å². The summed E-state index contributed by atoms with van der Waals surface area (Å²) in [5.41, 5.74) is 1.11. The molecule has 1 aromatic carbocycles. The predicted molar refractivity (Wildman–Crippen MR) is 123 cm³/mol. The number of β-lactam (4-membered cyclic amide) rings is 1. The third kappa shape index (κ3) is 5.18. The molecule has 1 aromatic heterocycles. The summed E-state index contributed by atoms with van der Waals surface area (Å²) in [7, 11) is 0. The number of thioether (sulfide) groups is 2. The molecule has 1 saturated heterocycles. The number of phenolic OH excluding ortho intramolecular Hbond substituents is 1. The largest absolute Gasteiger partial charge is 0.508 e. The van der Waals surface area contributed by atoms with Crippen LogP contribution in [0.25, 0.3) is 0 Å². The molecule has 2 aliphatic rings. The number of hydrogen-bond acceptors (Lipinski definition) is 10. The minimum atomic E-state index is -1.23. The van der Waals surface area contributed by atoms with Crippen LogP contribution in [0.3, 0.4) is 0 Å². The van der Waals surface area contributed by atoms with Crippen molar-refractivity contribution in [1.29, 1.82) is 0 Å². The first kappa shape index (κ1) is 24.0. The molecule has 0 bridgehead atoms. The predicted octanol–water partition coefficient (Wildman–Crippen LogP) is 0.944. The lowest BCUT2D eigenvalue weighted by Crippen LogP contribution is -2.70. The molecule has 34 heavy (non-hydrogen) atoms. The summed E-state index contributed by atoms with van der Waals surface area (Å²) in [5.74, 6) is -2.41. The van der Waals surface area contributed by atoms with Crippen LogP contribution in [0, 0.1) is 0 Å². The number of carbonyl (C=O) groups is 4. The summed E-state index contributed by atoms with van der Waals surface area (Å²) in [4.78, 5) is 49.1. The van der Waals surface area contributed by atoms with E-state index in [-0.39, 0.29) is 35.9 Å². The molecule has 0 saturated carbocycles. The van der Waals surface area contributed by atoms with Crippen molar-refractivity contribution >= 4 is 58.6 Å². The lowest BCUT2D eigenvalue weighted by Gasteiger charge is -2.49. The van der Waals surface area contributed by atoms with E-state index in [4.69, 9.17) is 5.11 Å². The Balaban J connectivity index is 1.40. The quantitative estimate of drug-likeness (QED) is 0.273. The number of nitrogens with one attached hydrogen (secondary N) is 1. The summed E-state index contributed by atoms with van der Waals surface area (Å²) < 4.78 is 0.509. The van der Waals surface area contributed by atoms with Gasteiger partial charge in [-0.3, -0.25) is 19.3 Å². The summed E-state index contributed by atoms with van der Waals surface area (Å²) in [5, 5.41) is 38.2. The summed E-state index contributed by atoms with van der Waals surface area (Å²) in [6, 6.07) is 5.33. The Morgan fingerprint density at radius 2 is 1.88 bits per heavy atom. The van der Waals surface area contributed by atoms with Gasteiger partial charge in [-0.05, 0) is 23.3 Å². The minimum absolute atomic E-state index is 0.0245. The summed E-state index contributed by atoms with van der Waals surface area (Å²) in [6.07, 6.45) is -0.211. The molecule has 4 N–H and O–H groups in total. The fraction of sp³-hybridized carbons (Fsp3) is 0.300. The van der Waals surface area contributed by atoms with Crippen molar-refractivity contribution in [2.45, 2.75) is 28.6 Å². The average Bonchev–Trinajstić information content (AvgIpc) is 3.23. The number of carboxylic acids is 2. The van der Waals surface area contributed by atoms with Crippen molar-refractivity contribution in [3.63, 3.8) is 0 Å². The van der Waals surface area contributed by atoms with E-state index in [2.05, 4.69) is 15.5 Å². The summed E-state index contributed by atoms with van der Waals surface area (Å²) >= 11 is 3.72. The summed E-state index contributed by atoms with van der Waals surface area (Å²) in [6.45, 7) is 0. The van der Waals surface area contributed by atoms with E-state index >= 15 is 0 Å². The molecule has 2 aliphatic heterocycles. The van der Waals surface area contributed by atoms with E-state index in [1.165, 1.54) is 40.6 Å². The van der Waals surface area contributed by atoms with E-state index in [1.807, 2.05) is 0 Å². The maximum atomic E-state index is 12.8. The zero-order chi connectivity index (χ0) is 24.4. The number of benzene rings is 1. The van der Waals surface area contributed by atoms with Crippen molar-refractivity contribution in [3.05, 3.63) is 46.1 Å². The van der Waals surface area contributed by atoms with Crippen LogP contribution in [-0.2, 0) is 32.0 Å². The topological polar surface area (TPSA) is 170 Å². The number of aromatic hydroxyl groups is 1. The first-order valence-corrected chi connectivity index (χ1v) is 12.7. The van der Waals surface area contributed by atoms with E-state index in [0.717, 1.165) is 11.3 Å². The van der Waals surface area contributed by atoms with Gasteiger partial charge < -0.3 is 20.6 Å². The Bertz CT molecular complexity index is 1180. The first-order valence-electron chi connectivity index (χ1n) is 9.87. The van der Waals surface area contributed by atoms with Gasteiger partial charge in [0.2, 0.25) is 5.91 Å². The number of hydrogen-bond donors (Lipinski definition) is 4. The molecule has 178 valence electrons. The number of carboxylic acid groups (broad SMARTS) is 2. The number of aromatic nitrogens is 2. The first-order chi connectivity index (χ1) is 16.2. The van der Waals surface area contributed by atoms with Crippen LogP contribution in [0.15, 0.2) is 39.9 Å². The molecule has 1 unspecified atom stereocenters. The van der Waals surface area contributed by atoms with Crippen LogP contribution in [0.5, 0.6) is 5.75 Å². The highest BCUT2D eigenvalue weighted by atomic mass is 32.2. The van der Waals surface area contributed by atoms with Crippen molar-refractivity contribution in [3.8, 4) is 5.75 Å². The number of amides is 2.